The first-order valence-corrected chi connectivity index (χ1v) is 7.90. The molecule has 2 N–H and O–H groups in total. The van der Waals surface area contributed by atoms with E-state index >= 15 is 0 Å². The van der Waals surface area contributed by atoms with Gasteiger partial charge in [0.05, 0.1) is 0 Å². The lowest BCUT2D eigenvalue weighted by molar-refractivity contribution is 0.482. The van der Waals surface area contributed by atoms with Crippen molar-refractivity contribution < 1.29 is 4.74 Å². The molecular formula is C19H25NO. The van der Waals surface area contributed by atoms with E-state index in [0.29, 0.717) is 0 Å². The molecule has 2 heteroatoms. The van der Waals surface area contributed by atoms with Crippen molar-refractivity contribution in [2.75, 3.05) is 5.73 Å². The summed E-state index contributed by atoms with van der Waals surface area (Å²) >= 11 is 0. The molecular weight excluding hydrogens is 258 g/mol. The molecule has 2 aromatic rings. The van der Waals surface area contributed by atoms with Crippen LogP contribution in [-0.2, 0) is 6.42 Å². The lowest BCUT2D eigenvalue weighted by Gasteiger charge is -2.07. The molecule has 2 nitrogen and oxygen atoms in total. The third-order valence-corrected chi connectivity index (χ3v) is 3.61. The van der Waals surface area contributed by atoms with Crippen LogP contribution in [0.3, 0.4) is 0 Å². The Morgan fingerprint density at radius 3 is 1.95 bits per heavy atom. The maximum Gasteiger partial charge on any atom is 0.127 e. The fourth-order valence-electron chi connectivity index (χ4n) is 2.33. The normalized spacial score (nSPS) is 10.5. The van der Waals surface area contributed by atoms with Gasteiger partial charge in [0.25, 0.3) is 0 Å². The summed E-state index contributed by atoms with van der Waals surface area (Å²) < 4.78 is 5.79. The van der Waals surface area contributed by atoms with Gasteiger partial charge in [-0.05, 0) is 54.8 Å². The Kier molecular flexibility index (Phi) is 6.14. The Bertz CT molecular complexity index is 516. The van der Waals surface area contributed by atoms with Crippen molar-refractivity contribution in [2.24, 2.45) is 0 Å². The zero-order valence-electron chi connectivity index (χ0n) is 12.8. The lowest BCUT2D eigenvalue weighted by atomic mass is 10.1. The van der Waals surface area contributed by atoms with Crippen LogP contribution in [0.25, 0.3) is 0 Å². The van der Waals surface area contributed by atoms with E-state index in [1.807, 2.05) is 36.4 Å². The standard InChI is InChI=1S/C19H25NO/c1-2-3-4-5-6-7-16-8-12-18(13-9-16)21-19-14-10-17(20)11-15-19/h8-15H,2-7,20H2,1H3. The van der Waals surface area contributed by atoms with Gasteiger partial charge in [-0.2, -0.15) is 0 Å². The predicted octanol–water partition coefficient (Wildman–Crippen LogP) is 5.57. The molecule has 112 valence electrons. The van der Waals surface area contributed by atoms with Crippen molar-refractivity contribution in [1.82, 2.24) is 0 Å². The summed E-state index contributed by atoms with van der Waals surface area (Å²) in [5.74, 6) is 1.69. The first-order valence-electron chi connectivity index (χ1n) is 7.90. The zero-order chi connectivity index (χ0) is 14.9. The van der Waals surface area contributed by atoms with E-state index in [-0.39, 0.29) is 0 Å². The fourth-order valence-corrected chi connectivity index (χ4v) is 2.33. The van der Waals surface area contributed by atoms with Crippen LogP contribution in [0, 0.1) is 0 Å². The largest absolute Gasteiger partial charge is 0.457 e. The van der Waals surface area contributed by atoms with Crippen molar-refractivity contribution >= 4 is 5.69 Å². The summed E-state index contributed by atoms with van der Waals surface area (Å²) in [5, 5.41) is 0. The minimum atomic E-state index is 0.751. The van der Waals surface area contributed by atoms with Crippen LogP contribution in [0.4, 0.5) is 5.69 Å². The van der Waals surface area contributed by atoms with Gasteiger partial charge in [0.15, 0.2) is 0 Å². The molecule has 0 saturated carbocycles. The van der Waals surface area contributed by atoms with Crippen LogP contribution < -0.4 is 10.5 Å². The summed E-state index contributed by atoms with van der Waals surface area (Å²) in [4.78, 5) is 0. The van der Waals surface area contributed by atoms with Crippen LogP contribution >= 0.6 is 0 Å². The van der Waals surface area contributed by atoms with Gasteiger partial charge in [-0.1, -0.05) is 44.7 Å². The average Bonchev–Trinajstić information content (AvgIpc) is 2.51. The second-order valence-corrected chi connectivity index (χ2v) is 5.48. The number of nitrogens with two attached hydrogens (primary N) is 1. The Balaban J connectivity index is 1.80. The minimum Gasteiger partial charge on any atom is -0.457 e. The van der Waals surface area contributed by atoms with Crippen LogP contribution in [0.2, 0.25) is 0 Å². The number of anilines is 1. The van der Waals surface area contributed by atoms with E-state index in [0.717, 1.165) is 23.6 Å². The third-order valence-electron chi connectivity index (χ3n) is 3.61. The van der Waals surface area contributed by atoms with E-state index < -0.39 is 0 Å². The highest BCUT2D eigenvalue weighted by molar-refractivity contribution is 5.43. The van der Waals surface area contributed by atoms with Gasteiger partial charge in [0.2, 0.25) is 0 Å². The van der Waals surface area contributed by atoms with Gasteiger partial charge in [0.1, 0.15) is 11.5 Å². The van der Waals surface area contributed by atoms with Gasteiger partial charge in [-0.15, -0.1) is 0 Å². The number of hydrogen-bond donors (Lipinski definition) is 1. The molecule has 0 unspecified atom stereocenters. The number of benzene rings is 2. The van der Waals surface area contributed by atoms with Crippen LogP contribution in [0.5, 0.6) is 11.5 Å². The highest BCUT2D eigenvalue weighted by Gasteiger charge is 1.99. The second-order valence-electron chi connectivity index (χ2n) is 5.48. The summed E-state index contributed by atoms with van der Waals surface area (Å²) in [6, 6.07) is 15.9. The molecule has 0 aliphatic heterocycles. The Morgan fingerprint density at radius 2 is 1.33 bits per heavy atom. The molecule has 0 aromatic heterocycles. The molecule has 2 aromatic carbocycles. The van der Waals surface area contributed by atoms with E-state index in [2.05, 4.69) is 19.1 Å². The van der Waals surface area contributed by atoms with Gasteiger partial charge in [0, 0.05) is 5.69 Å². The molecule has 0 amide bonds. The fraction of sp³-hybridized carbons (Fsp3) is 0.368. The maximum atomic E-state index is 5.79. The number of unbranched alkanes of at least 4 members (excludes halogenated alkanes) is 4. The van der Waals surface area contributed by atoms with Crippen molar-refractivity contribution in [3.05, 3.63) is 54.1 Å². The van der Waals surface area contributed by atoms with Crippen molar-refractivity contribution in [1.29, 1.82) is 0 Å². The molecule has 2 rings (SSSR count). The molecule has 0 fully saturated rings. The Labute approximate surface area is 127 Å². The topological polar surface area (TPSA) is 35.2 Å². The van der Waals surface area contributed by atoms with Crippen LogP contribution in [-0.4, -0.2) is 0 Å². The summed E-state index contributed by atoms with van der Waals surface area (Å²) in [6.07, 6.45) is 7.78. The molecule has 0 heterocycles. The Hall–Kier alpha value is -1.96. The van der Waals surface area contributed by atoms with Crippen molar-refractivity contribution in [3.8, 4) is 11.5 Å². The van der Waals surface area contributed by atoms with Crippen LogP contribution in [0.1, 0.15) is 44.6 Å². The molecule has 21 heavy (non-hydrogen) atoms. The number of hydrogen-bond acceptors (Lipinski definition) is 2. The minimum absolute atomic E-state index is 0.751. The highest BCUT2D eigenvalue weighted by atomic mass is 16.5. The quantitative estimate of drug-likeness (QED) is 0.507. The third kappa shape index (κ3) is 5.50. The number of ether oxygens (including phenoxy) is 1. The van der Waals surface area contributed by atoms with Gasteiger partial charge in [-0.3, -0.25) is 0 Å². The maximum absolute atomic E-state index is 5.79. The molecule has 0 radical (unpaired) electrons. The van der Waals surface area contributed by atoms with E-state index in [1.54, 1.807) is 0 Å². The summed E-state index contributed by atoms with van der Waals surface area (Å²) in [6.45, 7) is 2.25. The molecule has 0 atom stereocenters. The summed E-state index contributed by atoms with van der Waals surface area (Å²) in [5.41, 5.74) is 7.80. The monoisotopic (exact) mass is 283 g/mol. The smallest absolute Gasteiger partial charge is 0.127 e. The number of aryl methyl sites for hydroxylation is 1. The zero-order valence-corrected chi connectivity index (χ0v) is 12.8. The first-order chi connectivity index (χ1) is 10.3. The van der Waals surface area contributed by atoms with E-state index in [9.17, 15) is 0 Å². The van der Waals surface area contributed by atoms with Gasteiger partial charge in [-0.25, -0.2) is 0 Å². The summed E-state index contributed by atoms with van der Waals surface area (Å²) in [7, 11) is 0. The van der Waals surface area contributed by atoms with Crippen molar-refractivity contribution in [2.45, 2.75) is 45.4 Å². The van der Waals surface area contributed by atoms with Crippen LogP contribution in [0.15, 0.2) is 48.5 Å². The van der Waals surface area contributed by atoms with Crippen molar-refractivity contribution in [3.63, 3.8) is 0 Å². The molecule has 0 bridgehead atoms. The SMILES string of the molecule is CCCCCCCc1ccc(Oc2ccc(N)cc2)cc1. The Morgan fingerprint density at radius 1 is 0.762 bits per heavy atom. The number of nitrogen functional groups attached to an aromatic ring is 1. The lowest BCUT2D eigenvalue weighted by Crippen LogP contribution is -1.89. The molecule has 0 aliphatic carbocycles. The number of rotatable bonds is 8. The molecule has 0 aliphatic rings. The first kappa shape index (κ1) is 15.4. The van der Waals surface area contributed by atoms with E-state index in [1.165, 1.54) is 37.7 Å². The average molecular weight is 283 g/mol. The molecule has 0 saturated heterocycles. The van der Waals surface area contributed by atoms with Gasteiger partial charge < -0.3 is 10.5 Å². The highest BCUT2D eigenvalue weighted by Crippen LogP contribution is 2.23. The molecule has 0 spiro atoms. The van der Waals surface area contributed by atoms with Gasteiger partial charge >= 0.3 is 0 Å². The van der Waals surface area contributed by atoms with E-state index in [4.69, 9.17) is 10.5 Å². The predicted molar refractivity (Wildman–Crippen MR) is 89.8 cm³/mol. The second kappa shape index (κ2) is 8.35.